The first kappa shape index (κ1) is 16.9. The fourth-order valence-corrected chi connectivity index (χ4v) is 2.78. The first-order chi connectivity index (χ1) is 12.1. The van der Waals surface area contributed by atoms with Crippen LogP contribution in [0.3, 0.4) is 0 Å². The second kappa shape index (κ2) is 7.31. The Morgan fingerprint density at radius 3 is 2.96 bits per heavy atom. The fraction of sp³-hybridized carbons (Fsp3) is 0.278. The van der Waals surface area contributed by atoms with Crippen molar-refractivity contribution in [3.05, 3.63) is 59.4 Å². The van der Waals surface area contributed by atoms with E-state index in [1.54, 1.807) is 47.0 Å². The third kappa shape index (κ3) is 3.77. The SMILES string of the molecule is C[C@H]1COc2cc(C(=O)NO)ccc2CN1C(=O)Cc1cccnc1. The van der Waals surface area contributed by atoms with Crippen molar-refractivity contribution in [1.82, 2.24) is 15.4 Å². The van der Waals surface area contributed by atoms with Crippen molar-refractivity contribution in [3.63, 3.8) is 0 Å². The molecular formula is C18H19N3O4. The lowest BCUT2D eigenvalue weighted by Crippen LogP contribution is -2.40. The zero-order chi connectivity index (χ0) is 17.8. The molecule has 3 rings (SSSR count). The number of fused-ring (bicyclic) bond motifs is 1. The van der Waals surface area contributed by atoms with Crippen LogP contribution in [0.15, 0.2) is 42.7 Å². The average molecular weight is 341 g/mol. The minimum atomic E-state index is -0.604. The van der Waals surface area contributed by atoms with Crippen molar-refractivity contribution >= 4 is 11.8 Å². The minimum absolute atomic E-state index is 0.00544. The Bertz CT molecular complexity index is 779. The summed E-state index contributed by atoms with van der Waals surface area (Å²) < 4.78 is 5.76. The molecule has 2 amide bonds. The van der Waals surface area contributed by atoms with E-state index in [4.69, 9.17) is 9.94 Å². The van der Waals surface area contributed by atoms with Gasteiger partial charge in [-0.3, -0.25) is 19.8 Å². The molecule has 1 aromatic carbocycles. The molecule has 0 saturated heterocycles. The molecule has 130 valence electrons. The van der Waals surface area contributed by atoms with E-state index in [-0.39, 0.29) is 18.4 Å². The second-order valence-electron chi connectivity index (χ2n) is 5.98. The number of benzene rings is 1. The number of carbonyl (C=O) groups excluding carboxylic acids is 2. The van der Waals surface area contributed by atoms with Gasteiger partial charge in [0.25, 0.3) is 5.91 Å². The molecule has 2 aromatic rings. The van der Waals surface area contributed by atoms with Crippen molar-refractivity contribution < 1.29 is 19.5 Å². The summed E-state index contributed by atoms with van der Waals surface area (Å²) in [5, 5.41) is 8.75. The molecule has 7 nitrogen and oxygen atoms in total. The van der Waals surface area contributed by atoms with Gasteiger partial charge in [0, 0.05) is 30.1 Å². The molecule has 1 atom stereocenters. The van der Waals surface area contributed by atoms with Crippen LogP contribution in [0.5, 0.6) is 5.75 Å². The Labute approximate surface area is 145 Å². The van der Waals surface area contributed by atoms with Crippen LogP contribution in [0.25, 0.3) is 0 Å². The van der Waals surface area contributed by atoms with E-state index in [0.29, 0.717) is 24.5 Å². The van der Waals surface area contributed by atoms with Crippen LogP contribution < -0.4 is 10.2 Å². The molecule has 1 aliphatic heterocycles. The molecular weight excluding hydrogens is 322 g/mol. The van der Waals surface area contributed by atoms with E-state index >= 15 is 0 Å². The lowest BCUT2D eigenvalue weighted by Gasteiger charge is -2.26. The number of amides is 2. The Morgan fingerprint density at radius 2 is 2.24 bits per heavy atom. The molecule has 0 spiro atoms. The molecule has 1 aromatic heterocycles. The predicted octanol–water partition coefficient (Wildman–Crippen LogP) is 1.55. The smallest absolute Gasteiger partial charge is 0.274 e. The van der Waals surface area contributed by atoms with Crippen molar-refractivity contribution in [3.8, 4) is 5.75 Å². The Hall–Kier alpha value is -2.93. The molecule has 0 saturated carbocycles. The summed E-state index contributed by atoms with van der Waals surface area (Å²) in [6.45, 7) is 2.65. The number of ether oxygens (including phenoxy) is 1. The maximum absolute atomic E-state index is 12.7. The molecule has 0 fully saturated rings. The summed E-state index contributed by atoms with van der Waals surface area (Å²) >= 11 is 0. The predicted molar refractivity (Wildman–Crippen MR) is 89.1 cm³/mol. The van der Waals surface area contributed by atoms with Crippen LogP contribution in [0.4, 0.5) is 0 Å². The highest BCUT2D eigenvalue weighted by Crippen LogP contribution is 2.27. The van der Waals surface area contributed by atoms with Gasteiger partial charge in [-0.25, -0.2) is 5.48 Å². The Balaban J connectivity index is 1.80. The number of aromatic nitrogens is 1. The monoisotopic (exact) mass is 341 g/mol. The van der Waals surface area contributed by atoms with Gasteiger partial charge in [-0.2, -0.15) is 0 Å². The molecule has 0 radical (unpaired) electrons. The number of nitrogens with zero attached hydrogens (tertiary/aromatic N) is 2. The van der Waals surface area contributed by atoms with Gasteiger partial charge in [0.05, 0.1) is 12.5 Å². The summed E-state index contributed by atoms with van der Waals surface area (Å²) in [5.74, 6) is -0.0630. The van der Waals surface area contributed by atoms with E-state index in [9.17, 15) is 9.59 Å². The zero-order valence-electron chi connectivity index (χ0n) is 13.8. The van der Waals surface area contributed by atoms with E-state index < -0.39 is 5.91 Å². The molecule has 25 heavy (non-hydrogen) atoms. The quantitative estimate of drug-likeness (QED) is 0.653. The number of carbonyl (C=O) groups is 2. The summed E-state index contributed by atoms with van der Waals surface area (Å²) in [7, 11) is 0. The number of pyridine rings is 1. The lowest BCUT2D eigenvalue weighted by molar-refractivity contribution is -0.133. The molecule has 7 heteroatoms. The summed E-state index contributed by atoms with van der Waals surface area (Å²) in [5.41, 5.74) is 3.58. The molecule has 0 aliphatic carbocycles. The average Bonchev–Trinajstić information content (AvgIpc) is 2.80. The Morgan fingerprint density at radius 1 is 1.40 bits per heavy atom. The van der Waals surface area contributed by atoms with Gasteiger partial charge in [0.1, 0.15) is 12.4 Å². The largest absolute Gasteiger partial charge is 0.491 e. The van der Waals surface area contributed by atoms with Gasteiger partial charge < -0.3 is 9.64 Å². The van der Waals surface area contributed by atoms with Crippen LogP contribution >= 0.6 is 0 Å². The van der Waals surface area contributed by atoms with Crippen molar-refractivity contribution in [1.29, 1.82) is 0 Å². The molecule has 0 bridgehead atoms. The standard InChI is InChI=1S/C18H19N3O4/c1-12-11-25-16-8-14(18(23)20-24)4-5-15(16)10-21(12)17(22)7-13-3-2-6-19-9-13/h2-6,8-9,12,24H,7,10-11H2,1H3,(H,20,23)/t12-/m0/s1. The normalized spacial score (nSPS) is 16.4. The number of hydrogen-bond acceptors (Lipinski definition) is 5. The van der Waals surface area contributed by atoms with Gasteiger partial charge in [-0.1, -0.05) is 12.1 Å². The third-order valence-electron chi connectivity index (χ3n) is 4.18. The third-order valence-corrected chi connectivity index (χ3v) is 4.18. The van der Waals surface area contributed by atoms with Crippen LogP contribution in [0.1, 0.15) is 28.4 Å². The lowest BCUT2D eigenvalue weighted by atomic mass is 10.1. The number of rotatable bonds is 3. The summed E-state index contributed by atoms with van der Waals surface area (Å²) in [6, 6.07) is 8.48. The van der Waals surface area contributed by atoms with Crippen LogP contribution in [-0.2, 0) is 17.8 Å². The fourth-order valence-electron chi connectivity index (χ4n) is 2.78. The van der Waals surface area contributed by atoms with Gasteiger partial charge in [-0.05, 0) is 30.7 Å². The summed E-state index contributed by atoms with van der Waals surface area (Å²) in [4.78, 5) is 30.1. The topological polar surface area (TPSA) is 91.8 Å². The van der Waals surface area contributed by atoms with Gasteiger partial charge in [0.15, 0.2) is 0 Å². The molecule has 1 aliphatic rings. The summed E-state index contributed by atoms with van der Waals surface area (Å²) in [6.07, 6.45) is 3.63. The van der Waals surface area contributed by atoms with E-state index in [2.05, 4.69) is 4.98 Å². The van der Waals surface area contributed by atoms with Crippen LogP contribution in [-0.4, -0.2) is 39.6 Å². The van der Waals surface area contributed by atoms with Gasteiger partial charge in [0.2, 0.25) is 5.91 Å². The molecule has 2 heterocycles. The molecule has 2 N–H and O–H groups in total. The Kier molecular flexibility index (Phi) is 4.95. The highest BCUT2D eigenvalue weighted by molar-refractivity contribution is 5.93. The highest BCUT2D eigenvalue weighted by atomic mass is 16.5. The number of nitrogens with one attached hydrogen (secondary N) is 1. The maximum atomic E-state index is 12.7. The first-order valence-corrected chi connectivity index (χ1v) is 7.97. The first-order valence-electron chi connectivity index (χ1n) is 7.97. The van der Waals surface area contributed by atoms with E-state index in [0.717, 1.165) is 11.1 Å². The van der Waals surface area contributed by atoms with Crippen molar-refractivity contribution in [2.45, 2.75) is 25.9 Å². The zero-order valence-corrected chi connectivity index (χ0v) is 13.8. The maximum Gasteiger partial charge on any atom is 0.274 e. The van der Waals surface area contributed by atoms with E-state index in [1.807, 2.05) is 13.0 Å². The van der Waals surface area contributed by atoms with Crippen molar-refractivity contribution in [2.75, 3.05) is 6.61 Å². The second-order valence-corrected chi connectivity index (χ2v) is 5.98. The van der Waals surface area contributed by atoms with Crippen LogP contribution in [0.2, 0.25) is 0 Å². The molecule has 0 unspecified atom stereocenters. The number of hydroxylamine groups is 1. The van der Waals surface area contributed by atoms with Crippen molar-refractivity contribution in [2.24, 2.45) is 0 Å². The highest BCUT2D eigenvalue weighted by Gasteiger charge is 2.26. The van der Waals surface area contributed by atoms with Crippen LogP contribution in [0, 0.1) is 0 Å². The number of hydrogen-bond donors (Lipinski definition) is 2. The van der Waals surface area contributed by atoms with Gasteiger partial charge in [-0.15, -0.1) is 0 Å². The minimum Gasteiger partial charge on any atom is -0.491 e. The van der Waals surface area contributed by atoms with E-state index in [1.165, 1.54) is 0 Å². The van der Waals surface area contributed by atoms with Gasteiger partial charge >= 0.3 is 0 Å².